The molecule has 0 aliphatic rings. The summed E-state index contributed by atoms with van der Waals surface area (Å²) in [4.78, 5) is 47.1. The lowest BCUT2D eigenvalue weighted by Crippen LogP contribution is -2.33. The molecule has 0 heterocycles. The van der Waals surface area contributed by atoms with Crippen LogP contribution in [0.2, 0.25) is 0 Å². The highest BCUT2D eigenvalue weighted by atomic mass is 16.6. The lowest BCUT2D eigenvalue weighted by Gasteiger charge is -2.11. The number of carbonyl (C=O) groups excluding carboxylic acids is 3. The van der Waals surface area contributed by atoms with Gasteiger partial charge in [0.15, 0.2) is 0 Å². The highest BCUT2D eigenvalue weighted by molar-refractivity contribution is 6.40. The standard InChI is InChI=1S/C23H19N5O5/c1-15-6-10-17(11-7-15)25-21(29)19-4-2-3-5-20(19)26-22(30)23(31)27-24-14-16-8-12-18(13-9-16)28(32)33/h2-14H,1H3,(H,25,29)(H,26,30)(H,27,31)/b24-14+. The minimum absolute atomic E-state index is 0.0827. The number of nitro benzene ring substituents is 1. The topological polar surface area (TPSA) is 143 Å². The third kappa shape index (κ3) is 6.31. The fourth-order valence-corrected chi connectivity index (χ4v) is 2.70. The van der Waals surface area contributed by atoms with E-state index in [1.54, 1.807) is 24.3 Å². The van der Waals surface area contributed by atoms with Gasteiger partial charge in [-0.05, 0) is 48.9 Å². The second-order valence-electron chi connectivity index (χ2n) is 6.87. The highest BCUT2D eigenvalue weighted by Gasteiger charge is 2.17. The molecule has 3 rings (SSSR count). The molecule has 10 heteroatoms. The maximum absolute atomic E-state index is 12.6. The SMILES string of the molecule is Cc1ccc(NC(=O)c2ccccc2NC(=O)C(=O)N/N=C/c2ccc([N+](=O)[O-])cc2)cc1. The number of para-hydroxylation sites is 1. The van der Waals surface area contributed by atoms with E-state index in [0.717, 1.165) is 5.56 Å². The molecule has 0 saturated heterocycles. The molecule has 0 spiro atoms. The number of amides is 3. The number of non-ortho nitro benzene ring substituents is 1. The molecule has 3 amide bonds. The maximum Gasteiger partial charge on any atom is 0.329 e. The van der Waals surface area contributed by atoms with Gasteiger partial charge in [-0.25, -0.2) is 5.43 Å². The van der Waals surface area contributed by atoms with Gasteiger partial charge in [0.05, 0.1) is 22.4 Å². The number of rotatable bonds is 6. The predicted octanol–water partition coefficient (Wildman–Crippen LogP) is 3.24. The van der Waals surface area contributed by atoms with Crippen molar-refractivity contribution in [3.8, 4) is 0 Å². The van der Waals surface area contributed by atoms with Crippen molar-refractivity contribution in [1.82, 2.24) is 5.43 Å². The Bertz CT molecular complexity index is 1220. The summed E-state index contributed by atoms with van der Waals surface area (Å²) in [6, 6.07) is 18.9. The van der Waals surface area contributed by atoms with E-state index >= 15 is 0 Å². The van der Waals surface area contributed by atoms with Crippen molar-refractivity contribution in [2.75, 3.05) is 10.6 Å². The van der Waals surface area contributed by atoms with Crippen LogP contribution in [0.15, 0.2) is 77.9 Å². The molecule has 0 aromatic heterocycles. The molecular weight excluding hydrogens is 426 g/mol. The molecule has 33 heavy (non-hydrogen) atoms. The van der Waals surface area contributed by atoms with Crippen molar-refractivity contribution >= 4 is 41.0 Å². The molecule has 0 atom stereocenters. The summed E-state index contributed by atoms with van der Waals surface area (Å²) in [7, 11) is 0. The van der Waals surface area contributed by atoms with E-state index in [-0.39, 0.29) is 16.9 Å². The van der Waals surface area contributed by atoms with Gasteiger partial charge in [-0.1, -0.05) is 29.8 Å². The molecule has 10 nitrogen and oxygen atoms in total. The average molecular weight is 445 g/mol. The van der Waals surface area contributed by atoms with E-state index in [0.29, 0.717) is 11.3 Å². The molecule has 166 valence electrons. The lowest BCUT2D eigenvalue weighted by molar-refractivity contribution is -0.384. The Balaban J connectivity index is 1.61. The quantitative estimate of drug-likeness (QED) is 0.231. The molecule has 3 aromatic carbocycles. The van der Waals surface area contributed by atoms with Gasteiger partial charge in [0.1, 0.15) is 0 Å². The number of nitrogens with one attached hydrogen (secondary N) is 3. The third-order valence-corrected chi connectivity index (χ3v) is 4.42. The fraction of sp³-hybridized carbons (Fsp3) is 0.0435. The summed E-state index contributed by atoms with van der Waals surface area (Å²) in [6.45, 7) is 1.93. The number of carbonyl (C=O) groups is 3. The Hall–Kier alpha value is -4.86. The monoisotopic (exact) mass is 445 g/mol. The first-order valence-corrected chi connectivity index (χ1v) is 9.69. The Morgan fingerprint density at radius 3 is 2.21 bits per heavy atom. The number of hydrogen-bond donors (Lipinski definition) is 3. The Morgan fingerprint density at radius 2 is 1.55 bits per heavy atom. The van der Waals surface area contributed by atoms with Crippen LogP contribution in [0.25, 0.3) is 0 Å². The van der Waals surface area contributed by atoms with Crippen molar-refractivity contribution < 1.29 is 19.3 Å². The van der Waals surface area contributed by atoms with Crippen LogP contribution in [0.3, 0.4) is 0 Å². The van der Waals surface area contributed by atoms with Gasteiger partial charge in [-0.15, -0.1) is 0 Å². The summed E-state index contributed by atoms with van der Waals surface area (Å²) in [5.74, 6) is -2.53. The first-order valence-electron chi connectivity index (χ1n) is 9.69. The molecule has 0 saturated carbocycles. The van der Waals surface area contributed by atoms with Gasteiger partial charge in [-0.3, -0.25) is 24.5 Å². The summed E-state index contributed by atoms with van der Waals surface area (Å²) < 4.78 is 0. The number of nitrogens with zero attached hydrogens (tertiary/aromatic N) is 2. The third-order valence-electron chi connectivity index (χ3n) is 4.42. The molecule has 3 N–H and O–H groups in total. The summed E-state index contributed by atoms with van der Waals surface area (Å²) in [5.41, 5.74) is 4.43. The first kappa shape index (κ1) is 22.8. The van der Waals surface area contributed by atoms with E-state index in [9.17, 15) is 24.5 Å². The molecule has 0 aliphatic carbocycles. The molecule has 0 fully saturated rings. The first-order chi connectivity index (χ1) is 15.8. The van der Waals surface area contributed by atoms with Gasteiger partial charge in [0.2, 0.25) is 0 Å². The van der Waals surface area contributed by atoms with Crippen LogP contribution < -0.4 is 16.1 Å². The zero-order valence-electron chi connectivity index (χ0n) is 17.4. The molecule has 0 aliphatic heterocycles. The highest BCUT2D eigenvalue weighted by Crippen LogP contribution is 2.18. The zero-order chi connectivity index (χ0) is 23.8. The summed E-state index contributed by atoms with van der Waals surface area (Å²) in [5, 5.41) is 19.4. The largest absolute Gasteiger partial charge is 0.329 e. The van der Waals surface area contributed by atoms with E-state index in [4.69, 9.17) is 0 Å². The molecule has 0 bridgehead atoms. The summed E-state index contributed by atoms with van der Waals surface area (Å²) >= 11 is 0. The van der Waals surface area contributed by atoms with E-state index in [1.165, 1.54) is 42.6 Å². The van der Waals surface area contributed by atoms with E-state index in [2.05, 4.69) is 21.2 Å². The fourth-order valence-electron chi connectivity index (χ4n) is 2.70. The van der Waals surface area contributed by atoms with Crippen LogP contribution in [-0.4, -0.2) is 28.9 Å². The second-order valence-corrected chi connectivity index (χ2v) is 6.87. The van der Waals surface area contributed by atoms with Crippen LogP contribution in [0, 0.1) is 17.0 Å². The van der Waals surface area contributed by atoms with E-state index < -0.39 is 22.6 Å². The van der Waals surface area contributed by atoms with Crippen LogP contribution in [0.4, 0.5) is 17.1 Å². The maximum atomic E-state index is 12.6. The van der Waals surface area contributed by atoms with Crippen molar-refractivity contribution in [3.63, 3.8) is 0 Å². The Kier molecular flexibility index (Phi) is 7.22. The predicted molar refractivity (Wildman–Crippen MR) is 123 cm³/mol. The molecule has 0 unspecified atom stereocenters. The summed E-state index contributed by atoms with van der Waals surface area (Å²) in [6.07, 6.45) is 1.23. The molecular formula is C23H19N5O5. The van der Waals surface area contributed by atoms with Crippen molar-refractivity contribution in [1.29, 1.82) is 0 Å². The average Bonchev–Trinajstić information content (AvgIpc) is 2.81. The normalized spacial score (nSPS) is 10.5. The minimum atomic E-state index is -1.05. The Labute approximate surface area is 188 Å². The van der Waals surface area contributed by atoms with E-state index in [1.807, 2.05) is 19.1 Å². The van der Waals surface area contributed by atoms with Gasteiger partial charge < -0.3 is 10.6 Å². The number of aryl methyl sites for hydroxylation is 1. The number of hydrogen-bond acceptors (Lipinski definition) is 6. The van der Waals surface area contributed by atoms with Crippen molar-refractivity contribution in [2.24, 2.45) is 5.10 Å². The Morgan fingerprint density at radius 1 is 0.879 bits per heavy atom. The minimum Gasteiger partial charge on any atom is -0.322 e. The van der Waals surface area contributed by atoms with Gasteiger partial charge in [-0.2, -0.15) is 5.10 Å². The number of anilines is 2. The van der Waals surface area contributed by atoms with Crippen LogP contribution in [0.1, 0.15) is 21.5 Å². The van der Waals surface area contributed by atoms with Gasteiger partial charge in [0.25, 0.3) is 11.6 Å². The molecule has 0 radical (unpaired) electrons. The van der Waals surface area contributed by atoms with Crippen molar-refractivity contribution in [2.45, 2.75) is 6.92 Å². The van der Waals surface area contributed by atoms with Crippen LogP contribution >= 0.6 is 0 Å². The smallest absolute Gasteiger partial charge is 0.322 e. The zero-order valence-corrected chi connectivity index (χ0v) is 17.4. The number of nitro groups is 1. The van der Waals surface area contributed by atoms with Crippen LogP contribution in [0.5, 0.6) is 0 Å². The second kappa shape index (κ2) is 10.4. The lowest BCUT2D eigenvalue weighted by atomic mass is 10.1. The van der Waals surface area contributed by atoms with Crippen LogP contribution in [-0.2, 0) is 9.59 Å². The van der Waals surface area contributed by atoms with Crippen molar-refractivity contribution in [3.05, 3.63) is 99.6 Å². The van der Waals surface area contributed by atoms with Gasteiger partial charge in [0, 0.05) is 17.8 Å². The molecule has 3 aromatic rings. The van der Waals surface area contributed by atoms with Gasteiger partial charge >= 0.3 is 11.8 Å². The number of hydrazone groups is 1. The number of benzene rings is 3.